The van der Waals surface area contributed by atoms with Gasteiger partial charge in [0, 0.05) is 16.6 Å². The van der Waals surface area contributed by atoms with Crippen LogP contribution in [0.4, 0.5) is 0 Å². The van der Waals surface area contributed by atoms with Gasteiger partial charge in [-0.1, -0.05) is 30.1 Å². The van der Waals surface area contributed by atoms with Crippen LogP contribution in [0.3, 0.4) is 0 Å². The molecule has 2 aromatic rings. The van der Waals surface area contributed by atoms with Gasteiger partial charge in [-0.05, 0) is 18.6 Å². The average Bonchev–Trinajstić information content (AvgIpc) is 2.82. The second kappa shape index (κ2) is 6.32. The molecule has 2 rings (SSSR count). The highest BCUT2D eigenvalue weighted by atomic mass is 35.5. The van der Waals surface area contributed by atoms with Crippen molar-refractivity contribution in [3.05, 3.63) is 44.1 Å². The number of nitrogens with one attached hydrogen (secondary N) is 1. The van der Waals surface area contributed by atoms with Gasteiger partial charge in [-0.3, -0.25) is 4.79 Å². The molecule has 0 atom stereocenters. The zero-order chi connectivity index (χ0) is 13.8. The molecule has 1 N–H and O–H groups in total. The maximum Gasteiger partial charge on any atom is 0.251 e. The topological polar surface area (TPSA) is 54.9 Å². The second-order valence-corrected chi connectivity index (χ2v) is 5.73. The Bertz CT molecular complexity index is 580. The summed E-state index contributed by atoms with van der Waals surface area (Å²) in [6.45, 7) is 2.46. The first-order chi connectivity index (χ1) is 9.08. The van der Waals surface area contributed by atoms with Crippen LogP contribution in [0.2, 0.25) is 10.3 Å². The zero-order valence-electron chi connectivity index (χ0n) is 10.1. The molecular formula is C12H11Cl2N3OS. The van der Waals surface area contributed by atoms with Crippen molar-refractivity contribution < 1.29 is 4.79 Å². The van der Waals surface area contributed by atoms with Crippen LogP contribution in [-0.2, 0) is 13.0 Å². The molecule has 0 aliphatic carbocycles. The van der Waals surface area contributed by atoms with Crippen LogP contribution in [0.1, 0.15) is 27.2 Å². The first kappa shape index (κ1) is 14.2. The van der Waals surface area contributed by atoms with Gasteiger partial charge in [0.05, 0.1) is 6.54 Å². The van der Waals surface area contributed by atoms with Gasteiger partial charge in [-0.25, -0.2) is 9.97 Å². The predicted molar refractivity (Wildman–Crippen MR) is 76.9 cm³/mol. The smallest absolute Gasteiger partial charge is 0.251 e. The van der Waals surface area contributed by atoms with E-state index in [0.29, 0.717) is 12.1 Å². The third-order valence-corrected chi connectivity index (χ3v) is 3.90. The Hall–Kier alpha value is -1.17. The number of aryl methyl sites for hydroxylation is 1. The lowest BCUT2D eigenvalue weighted by Gasteiger charge is -2.03. The molecule has 0 spiro atoms. The normalized spacial score (nSPS) is 10.5. The monoisotopic (exact) mass is 315 g/mol. The zero-order valence-corrected chi connectivity index (χ0v) is 12.4. The fraction of sp³-hybridized carbons (Fsp3) is 0.250. The van der Waals surface area contributed by atoms with E-state index in [2.05, 4.69) is 22.2 Å². The molecule has 2 heterocycles. The molecule has 7 heteroatoms. The molecule has 0 aromatic carbocycles. The molecule has 0 fully saturated rings. The third-order valence-electron chi connectivity index (χ3n) is 2.38. The SMILES string of the molecule is CCc1cnc(CNC(=O)c2cc(Cl)nc(Cl)c2)s1. The van der Waals surface area contributed by atoms with Crippen LogP contribution in [0.25, 0.3) is 0 Å². The standard InChI is InChI=1S/C12H11Cl2N3OS/c1-2-8-5-15-11(19-8)6-16-12(18)7-3-9(13)17-10(14)4-7/h3-5H,2,6H2,1H3,(H,16,18). The molecular weight excluding hydrogens is 305 g/mol. The fourth-order valence-electron chi connectivity index (χ4n) is 1.45. The summed E-state index contributed by atoms with van der Waals surface area (Å²) in [5.41, 5.74) is 0.386. The lowest BCUT2D eigenvalue weighted by Crippen LogP contribution is -2.22. The van der Waals surface area contributed by atoms with Crippen molar-refractivity contribution in [2.45, 2.75) is 19.9 Å². The van der Waals surface area contributed by atoms with E-state index in [0.717, 1.165) is 11.4 Å². The van der Waals surface area contributed by atoms with Crippen molar-refractivity contribution in [3.8, 4) is 0 Å². The summed E-state index contributed by atoms with van der Waals surface area (Å²) < 4.78 is 0. The number of aromatic nitrogens is 2. The molecule has 2 aromatic heterocycles. The molecule has 0 saturated carbocycles. The second-order valence-electron chi connectivity index (χ2n) is 3.76. The van der Waals surface area contributed by atoms with Crippen molar-refractivity contribution in [1.29, 1.82) is 0 Å². The molecule has 0 unspecified atom stereocenters. The largest absolute Gasteiger partial charge is 0.346 e. The number of rotatable bonds is 4. The molecule has 0 aliphatic rings. The summed E-state index contributed by atoms with van der Waals surface area (Å²) in [7, 11) is 0. The van der Waals surface area contributed by atoms with Crippen LogP contribution in [0.15, 0.2) is 18.3 Å². The minimum atomic E-state index is -0.251. The minimum Gasteiger partial charge on any atom is -0.346 e. The van der Waals surface area contributed by atoms with Crippen LogP contribution in [-0.4, -0.2) is 15.9 Å². The van der Waals surface area contributed by atoms with E-state index in [1.807, 2.05) is 6.20 Å². The summed E-state index contributed by atoms with van der Waals surface area (Å²) in [5.74, 6) is -0.251. The van der Waals surface area contributed by atoms with Gasteiger partial charge < -0.3 is 5.32 Å². The first-order valence-electron chi connectivity index (χ1n) is 5.63. The number of thiazole rings is 1. The molecule has 0 radical (unpaired) electrons. The lowest BCUT2D eigenvalue weighted by molar-refractivity contribution is 0.0951. The van der Waals surface area contributed by atoms with E-state index in [4.69, 9.17) is 23.2 Å². The van der Waals surface area contributed by atoms with Crippen LogP contribution < -0.4 is 5.32 Å². The Kier molecular flexibility index (Phi) is 4.74. The Balaban J connectivity index is 2.00. The summed E-state index contributed by atoms with van der Waals surface area (Å²) in [4.78, 5) is 21.1. The van der Waals surface area contributed by atoms with Crippen molar-refractivity contribution in [1.82, 2.24) is 15.3 Å². The van der Waals surface area contributed by atoms with Gasteiger partial charge >= 0.3 is 0 Å². The van der Waals surface area contributed by atoms with Crippen molar-refractivity contribution in [2.75, 3.05) is 0 Å². The van der Waals surface area contributed by atoms with E-state index in [1.54, 1.807) is 11.3 Å². The molecule has 4 nitrogen and oxygen atoms in total. The van der Waals surface area contributed by atoms with Crippen LogP contribution in [0, 0.1) is 0 Å². The highest BCUT2D eigenvalue weighted by molar-refractivity contribution is 7.11. The van der Waals surface area contributed by atoms with E-state index in [-0.39, 0.29) is 16.2 Å². The number of amides is 1. The number of hydrogen-bond donors (Lipinski definition) is 1. The first-order valence-corrected chi connectivity index (χ1v) is 7.20. The summed E-state index contributed by atoms with van der Waals surface area (Å²) in [6, 6.07) is 2.95. The third kappa shape index (κ3) is 3.89. The van der Waals surface area contributed by atoms with E-state index < -0.39 is 0 Å². The maximum atomic E-state index is 11.9. The minimum absolute atomic E-state index is 0.195. The van der Waals surface area contributed by atoms with Gasteiger partial charge in [0.25, 0.3) is 5.91 Å². The predicted octanol–water partition coefficient (Wildman–Crippen LogP) is 3.34. The Morgan fingerprint density at radius 1 is 1.37 bits per heavy atom. The van der Waals surface area contributed by atoms with Gasteiger partial charge in [0.15, 0.2) is 0 Å². The maximum absolute atomic E-state index is 11.9. The molecule has 100 valence electrons. The average molecular weight is 316 g/mol. The Morgan fingerprint density at radius 3 is 2.63 bits per heavy atom. The number of carbonyl (C=O) groups excluding carboxylic acids is 1. The molecule has 1 amide bonds. The highest BCUT2D eigenvalue weighted by Gasteiger charge is 2.09. The van der Waals surface area contributed by atoms with Crippen LogP contribution >= 0.6 is 34.5 Å². The summed E-state index contributed by atoms with van der Waals surface area (Å²) >= 11 is 13.1. The lowest BCUT2D eigenvalue weighted by atomic mass is 10.2. The highest BCUT2D eigenvalue weighted by Crippen LogP contribution is 2.16. The summed E-state index contributed by atoms with van der Waals surface area (Å²) in [5, 5.41) is 4.03. The number of hydrogen-bond acceptors (Lipinski definition) is 4. The number of carbonyl (C=O) groups is 1. The van der Waals surface area contributed by atoms with E-state index >= 15 is 0 Å². The van der Waals surface area contributed by atoms with Gasteiger partial charge in [0.1, 0.15) is 15.3 Å². The quantitative estimate of drug-likeness (QED) is 0.880. The van der Waals surface area contributed by atoms with Gasteiger partial charge in [-0.2, -0.15) is 0 Å². The molecule has 0 aliphatic heterocycles. The van der Waals surface area contributed by atoms with Gasteiger partial charge in [-0.15, -0.1) is 11.3 Å². The van der Waals surface area contributed by atoms with Crippen LogP contribution in [0.5, 0.6) is 0 Å². The summed E-state index contributed by atoms with van der Waals surface area (Å²) in [6.07, 6.45) is 2.77. The Labute approximate surface area is 124 Å². The van der Waals surface area contributed by atoms with Crippen molar-refractivity contribution in [3.63, 3.8) is 0 Å². The fourth-order valence-corrected chi connectivity index (χ4v) is 2.71. The van der Waals surface area contributed by atoms with Crippen molar-refractivity contribution >= 4 is 40.4 Å². The van der Waals surface area contributed by atoms with E-state index in [9.17, 15) is 4.79 Å². The van der Waals surface area contributed by atoms with Gasteiger partial charge in [0.2, 0.25) is 0 Å². The van der Waals surface area contributed by atoms with Crippen molar-refractivity contribution in [2.24, 2.45) is 0 Å². The van der Waals surface area contributed by atoms with E-state index in [1.165, 1.54) is 17.0 Å². The number of nitrogens with zero attached hydrogens (tertiary/aromatic N) is 2. The molecule has 19 heavy (non-hydrogen) atoms. The number of pyridine rings is 1. The number of halogens is 2. The molecule has 0 bridgehead atoms. The Morgan fingerprint density at radius 2 is 2.05 bits per heavy atom. The molecule has 0 saturated heterocycles.